The molecule has 10 heteroatoms. The second kappa shape index (κ2) is 10.1. The van der Waals surface area contributed by atoms with Gasteiger partial charge in [-0.25, -0.2) is 18.7 Å². The Morgan fingerprint density at radius 2 is 1.84 bits per heavy atom. The SMILES string of the molecule is CC(C)c1c(O)ccc(Cc2c(Cl)cc(NCC(=O)Nc3cncnc3)c(F)c2Cl)c1F. The highest BCUT2D eigenvalue weighted by Gasteiger charge is 2.21. The van der Waals surface area contributed by atoms with Crippen molar-refractivity contribution in [2.45, 2.75) is 26.2 Å². The molecule has 0 unspecified atom stereocenters. The first-order valence-corrected chi connectivity index (χ1v) is 10.4. The maximum absolute atomic E-state index is 14.9. The van der Waals surface area contributed by atoms with Crippen molar-refractivity contribution in [1.29, 1.82) is 0 Å². The summed E-state index contributed by atoms with van der Waals surface area (Å²) in [5.74, 6) is -2.26. The molecule has 0 aliphatic heterocycles. The smallest absolute Gasteiger partial charge is 0.243 e. The molecule has 6 nitrogen and oxygen atoms in total. The summed E-state index contributed by atoms with van der Waals surface area (Å²) in [6, 6.07) is 4.09. The predicted octanol–water partition coefficient (Wildman–Crippen LogP) is 5.53. The lowest BCUT2D eigenvalue weighted by Crippen LogP contribution is -2.22. The molecular formula is C22H20Cl2F2N4O2. The van der Waals surface area contributed by atoms with E-state index in [1.165, 1.54) is 36.9 Å². The first kappa shape index (κ1) is 23.7. The topological polar surface area (TPSA) is 87.1 Å². The van der Waals surface area contributed by atoms with E-state index in [-0.39, 0.29) is 57.1 Å². The van der Waals surface area contributed by atoms with Crippen LogP contribution in [0, 0.1) is 11.6 Å². The molecule has 0 aliphatic rings. The molecule has 0 saturated heterocycles. The van der Waals surface area contributed by atoms with E-state index in [9.17, 15) is 18.7 Å². The van der Waals surface area contributed by atoms with Gasteiger partial charge >= 0.3 is 0 Å². The third kappa shape index (κ3) is 5.26. The van der Waals surface area contributed by atoms with E-state index in [0.717, 1.165) is 0 Å². The number of phenolic OH excluding ortho intramolecular Hbond substituents is 1. The number of carbonyl (C=O) groups is 1. The van der Waals surface area contributed by atoms with Gasteiger partial charge in [-0.15, -0.1) is 0 Å². The molecule has 0 bridgehead atoms. The Hall–Kier alpha value is -2.97. The first-order valence-electron chi connectivity index (χ1n) is 9.64. The lowest BCUT2D eigenvalue weighted by atomic mass is 9.95. The second-order valence-electron chi connectivity index (χ2n) is 7.34. The van der Waals surface area contributed by atoms with Gasteiger partial charge in [0.1, 0.15) is 17.9 Å². The van der Waals surface area contributed by atoms with Gasteiger partial charge in [-0.1, -0.05) is 43.1 Å². The number of hydrogen-bond donors (Lipinski definition) is 3. The second-order valence-corrected chi connectivity index (χ2v) is 8.13. The largest absolute Gasteiger partial charge is 0.508 e. The molecule has 3 N–H and O–H groups in total. The number of nitrogens with zero attached hydrogens (tertiary/aromatic N) is 2. The fourth-order valence-electron chi connectivity index (χ4n) is 3.17. The van der Waals surface area contributed by atoms with Crippen LogP contribution in [0.1, 0.15) is 36.5 Å². The molecule has 2 aromatic carbocycles. The zero-order chi connectivity index (χ0) is 23.4. The Morgan fingerprint density at radius 1 is 1.16 bits per heavy atom. The molecule has 1 amide bonds. The number of phenols is 1. The van der Waals surface area contributed by atoms with E-state index >= 15 is 0 Å². The lowest BCUT2D eigenvalue weighted by molar-refractivity contribution is -0.114. The summed E-state index contributed by atoms with van der Waals surface area (Å²) < 4.78 is 29.8. The number of amides is 1. The minimum Gasteiger partial charge on any atom is -0.508 e. The van der Waals surface area contributed by atoms with E-state index < -0.39 is 17.5 Å². The van der Waals surface area contributed by atoms with Crippen LogP contribution in [0.4, 0.5) is 20.2 Å². The third-order valence-electron chi connectivity index (χ3n) is 4.72. The van der Waals surface area contributed by atoms with Gasteiger partial charge in [0.05, 0.1) is 35.3 Å². The molecule has 0 spiro atoms. The van der Waals surface area contributed by atoms with E-state index in [2.05, 4.69) is 20.6 Å². The van der Waals surface area contributed by atoms with E-state index in [1.54, 1.807) is 13.8 Å². The fourth-order valence-corrected chi connectivity index (χ4v) is 3.76. The maximum atomic E-state index is 14.9. The quantitative estimate of drug-likeness (QED) is 0.386. The molecule has 0 radical (unpaired) electrons. The maximum Gasteiger partial charge on any atom is 0.243 e. The zero-order valence-electron chi connectivity index (χ0n) is 17.2. The van der Waals surface area contributed by atoms with Crippen molar-refractivity contribution in [3.63, 3.8) is 0 Å². The van der Waals surface area contributed by atoms with Crippen LogP contribution in [0.25, 0.3) is 0 Å². The molecule has 168 valence electrons. The summed E-state index contributed by atoms with van der Waals surface area (Å²) in [5.41, 5.74) is 0.907. The van der Waals surface area contributed by atoms with Crippen LogP contribution in [0.5, 0.6) is 5.75 Å². The number of rotatable bonds is 7. The summed E-state index contributed by atoms with van der Waals surface area (Å²) in [4.78, 5) is 19.6. The number of halogens is 4. The van der Waals surface area contributed by atoms with Crippen LogP contribution < -0.4 is 10.6 Å². The van der Waals surface area contributed by atoms with Gasteiger partial charge in [0.15, 0.2) is 5.82 Å². The zero-order valence-corrected chi connectivity index (χ0v) is 18.7. The van der Waals surface area contributed by atoms with Crippen LogP contribution in [0.3, 0.4) is 0 Å². The van der Waals surface area contributed by atoms with Gasteiger partial charge in [0.2, 0.25) is 5.91 Å². The minimum absolute atomic E-state index is 0.0720. The number of benzene rings is 2. The van der Waals surface area contributed by atoms with Crippen LogP contribution in [-0.4, -0.2) is 27.5 Å². The third-order valence-corrected chi connectivity index (χ3v) is 5.45. The van der Waals surface area contributed by atoms with E-state index in [4.69, 9.17) is 23.2 Å². The van der Waals surface area contributed by atoms with Gasteiger partial charge in [0, 0.05) is 17.0 Å². The van der Waals surface area contributed by atoms with Crippen molar-refractivity contribution in [2.24, 2.45) is 0 Å². The Kier molecular flexibility index (Phi) is 7.48. The Labute approximate surface area is 193 Å². The number of aromatic nitrogens is 2. The van der Waals surface area contributed by atoms with Crippen molar-refractivity contribution >= 4 is 40.5 Å². The molecule has 0 atom stereocenters. The Balaban J connectivity index is 1.79. The van der Waals surface area contributed by atoms with E-state index in [1.807, 2.05) is 0 Å². The average molecular weight is 481 g/mol. The normalized spacial score (nSPS) is 11.0. The summed E-state index contributed by atoms with van der Waals surface area (Å²) >= 11 is 12.5. The van der Waals surface area contributed by atoms with Crippen LogP contribution in [-0.2, 0) is 11.2 Å². The Bertz CT molecular complexity index is 1140. The van der Waals surface area contributed by atoms with Gasteiger partial charge < -0.3 is 15.7 Å². The number of hydrogen-bond acceptors (Lipinski definition) is 5. The van der Waals surface area contributed by atoms with Gasteiger partial charge in [0.25, 0.3) is 0 Å². The van der Waals surface area contributed by atoms with Gasteiger partial charge in [-0.3, -0.25) is 4.79 Å². The van der Waals surface area contributed by atoms with Crippen LogP contribution >= 0.6 is 23.2 Å². The predicted molar refractivity (Wildman–Crippen MR) is 121 cm³/mol. The van der Waals surface area contributed by atoms with Crippen LogP contribution in [0.15, 0.2) is 36.9 Å². The summed E-state index contributed by atoms with van der Waals surface area (Å²) in [5, 5.41) is 15.0. The molecular weight excluding hydrogens is 461 g/mol. The van der Waals surface area contributed by atoms with Crippen molar-refractivity contribution in [3.8, 4) is 5.75 Å². The van der Waals surface area contributed by atoms with Crippen molar-refractivity contribution < 1.29 is 18.7 Å². The minimum atomic E-state index is -0.815. The number of nitrogens with one attached hydrogen (secondary N) is 2. The lowest BCUT2D eigenvalue weighted by Gasteiger charge is -2.16. The highest BCUT2D eigenvalue weighted by Crippen LogP contribution is 2.37. The molecule has 1 aromatic heterocycles. The molecule has 0 fully saturated rings. The number of anilines is 2. The Morgan fingerprint density at radius 3 is 2.50 bits per heavy atom. The molecule has 0 saturated carbocycles. The summed E-state index contributed by atoms with van der Waals surface area (Å²) in [6.07, 6.45) is 4.08. The van der Waals surface area contributed by atoms with Gasteiger partial charge in [-0.2, -0.15) is 0 Å². The van der Waals surface area contributed by atoms with Crippen LogP contribution in [0.2, 0.25) is 10.0 Å². The number of aromatic hydroxyl groups is 1. The molecule has 32 heavy (non-hydrogen) atoms. The summed E-state index contributed by atoms with van der Waals surface area (Å²) in [7, 11) is 0. The van der Waals surface area contributed by atoms with Crippen molar-refractivity contribution in [2.75, 3.05) is 17.2 Å². The molecule has 0 aliphatic carbocycles. The molecule has 1 heterocycles. The van der Waals surface area contributed by atoms with Crippen molar-refractivity contribution in [1.82, 2.24) is 9.97 Å². The highest BCUT2D eigenvalue weighted by molar-refractivity contribution is 6.36. The monoisotopic (exact) mass is 480 g/mol. The summed E-state index contributed by atoms with van der Waals surface area (Å²) in [6.45, 7) is 3.24. The molecule has 3 aromatic rings. The average Bonchev–Trinajstić information content (AvgIpc) is 2.74. The number of carbonyl (C=O) groups excluding carboxylic acids is 1. The standard InChI is InChI=1S/C22H20Cl2F2N4O2/c1-11(2)19-17(31)4-3-12(21(19)25)5-14-15(23)6-16(22(26)20(14)24)29-9-18(32)30-13-7-27-10-28-8-13/h3-4,6-8,10-11,29,31H,5,9H2,1-2H3,(H,30,32). The highest BCUT2D eigenvalue weighted by atomic mass is 35.5. The van der Waals surface area contributed by atoms with Crippen molar-refractivity contribution in [3.05, 3.63) is 75.3 Å². The van der Waals surface area contributed by atoms with E-state index in [0.29, 0.717) is 5.69 Å². The fraction of sp³-hybridized carbons (Fsp3) is 0.227. The van der Waals surface area contributed by atoms with Gasteiger partial charge in [-0.05, 0) is 29.2 Å². The first-order chi connectivity index (χ1) is 15.2. The molecule has 3 rings (SSSR count).